The third-order valence-corrected chi connectivity index (χ3v) is 6.09. The lowest BCUT2D eigenvalue weighted by atomic mass is 10.0. The number of nitrogens with zero attached hydrogens (tertiary/aromatic N) is 7. The van der Waals surface area contributed by atoms with Gasteiger partial charge in [0.2, 0.25) is 0 Å². The third-order valence-electron chi connectivity index (χ3n) is 6.09. The molecule has 3 aromatic heterocycles. The van der Waals surface area contributed by atoms with Crippen LogP contribution in [0.25, 0.3) is 22.1 Å². The number of aryl methyl sites for hydroxylation is 1. The number of aromatic nitrogens is 6. The summed E-state index contributed by atoms with van der Waals surface area (Å²) >= 11 is 0. The fraction of sp³-hybridized carbons (Fsp3) is 0.478. The van der Waals surface area contributed by atoms with Gasteiger partial charge in [-0.3, -0.25) is 0 Å². The van der Waals surface area contributed by atoms with Crippen molar-refractivity contribution in [1.82, 2.24) is 29.3 Å². The zero-order valence-corrected chi connectivity index (χ0v) is 18.2. The smallest absolute Gasteiger partial charge is 0.163 e. The predicted octanol–water partition coefficient (Wildman–Crippen LogP) is 4.33. The fourth-order valence-electron chi connectivity index (χ4n) is 4.66. The quantitative estimate of drug-likeness (QED) is 0.509. The summed E-state index contributed by atoms with van der Waals surface area (Å²) in [5, 5.41) is 5.64. The summed E-state index contributed by atoms with van der Waals surface area (Å²) in [5.74, 6) is 2.19. The van der Waals surface area contributed by atoms with Crippen LogP contribution >= 0.6 is 0 Å². The topological polar surface area (TPSA) is 64.7 Å². The summed E-state index contributed by atoms with van der Waals surface area (Å²) in [6.45, 7) is 10.6. The number of hydrogen-bond donors (Lipinski definition) is 0. The lowest BCUT2D eigenvalue weighted by Gasteiger charge is -2.34. The summed E-state index contributed by atoms with van der Waals surface area (Å²) in [5.41, 5.74) is 3.15. The number of piperidine rings is 1. The molecule has 1 aromatic carbocycles. The molecule has 7 heteroatoms. The monoisotopic (exact) mass is 403 g/mol. The van der Waals surface area contributed by atoms with Crippen LogP contribution in [-0.2, 0) is 12.0 Å². The number of rotatable bonds is 3. The number of imidazole rings is 1. The van der Waals surface area contributed by atoms with E-state index in [-0.39, 0.29) is 5.54 Å². The first kappa shape index (κ1) is 19.0. The van der Waals surface area contributed by atoms with Crippen LogP contribution in [0.2, 0.25) is 0 Å². The molecule has 0 unspecified atom stereocenters. The lowest BCUT2D eigenvalue weighted by Crippen LogP contribution is -2.35. The third kappa shape index (κ3) is 3.04. The van der Waals surface area contributed by atoms with Crippen LogP contribution in [0.5, 0.6) is 0 Å². The molecule has 156 valence electrons. The van der Waals surface area contributed by atoms with Gasteiger partial charge in [0.1, 0.15) is 18.0 Å². The highest BCUT2D eigenvalue weighted by Gasteiger charge is 2.27. The minimum atomic E-state index is -0.112. The number of benzene rings is 1. The highest BCUT2D eigenvalue weighted by atomic mass is 15.3. The Morgan fingerprint density at radius 1 is 1.07 bits per heavy atom. The minimum absolute atomic E-state index is 0.112. The Kier molecular flexibility index (Phi) is 4.49. The Bertz CT molecular complexity index is 1190. The Labute approximate surface area is 176 Å². The molecule has 1 aliphatic rings. The van der Waals surface area contributed by atoms with Crippen molar-refractivity contribution in [3.05, 3.63) is 42.6 Å². The molecule has 1 saturated heterocycles. The SMILES string of the molecule is CCc1nc2ccccc2n1C1CCN(c2ncnc3c2cnn3C(C)(C)C)CC1. The maximum Gasteiger partial charge on any atom is 0.163 e. The highest BCUT2D eigenvalue weighted by Crippen LogP contribution is 2.33. The van der Waals surface area contributed by atoms with E-state index in [0.29, 0.717) is 6.04 Å². The van der Waals surface area contributed by atoms with Gasteiger partial charge < -0.3 is 9.47 Å². The van der Waals surface area contributed by atoms with Crippen LogP contribution in [0, 0.1) is 0 Å². The molecule has 1 aliphatic heterocycles. The van der Waals surface area contributed by atoms with Gasteiger partial charge in [-0.2, -0.15) is 5.10 Å². The molecule has 7 nitrogen and oxygen atoms in total. The summed E-state index contributed by atoms with van der Waals surface area (Å²) in [4.78, 5) is 16.4. The van der Waals surface area contributed by atoms with Crippen LogP contribution in [-0.4, -0.2) is 42.4 Å². The Hall–Kier alpha value is -2.96. The van der Waals surface area contributed by atoms with Crippen molar-refractivity contribution >= 4 is 27.9 Å². The van der Waals surface area contributed by atoms with E-state index in [1.54, 1.807) is 6.33 Å². The molecular weight excluding hydrogens is 374 g/mol. The normalized spacial score (nSPS) is 16.1. The lowest BCUT2D eigenvalue weighted by molar-refractivity contribution is 0.366. The molecule has 30 heavy (non-hydrogen) atoms. The first-order valence-electron chi connectivity index (χ1n) is 10.9. The standard InChI is InChI=1S/C23H29N7/c1-5-20-27-18-8-6-7-9-19(18)29(20)16-10-12-28(13-11-16)21-17-14-26-30(23(2,3)4)22(17)25-15-24-21/h6-9,14-16H,5,10-13H2,1-4H3. The van der Waals surface area contributed by atoms with Gasteiger partial charge in [-0.25, -0.2) is 19.6 Å². The molecule has 0 amide bonds. The molecule has 0 spiro atoms. The van der Waals surface area contributed by atoms with Gasteiger partial charge in [0.15, 0.2) is 5.65 Å². The van der Waals surface area contributed by atoms with Crippen molar-refractivity contribution in [1.29, 1.82) is 0 Å². The molecule has 0 N–H and O–H groups in total. The molecule has 0 atom stereocenters. The van der Waals surface area contributed by atoms with E-state index in [4.69, 9.17) is 4.98 Å². The van der Waals surface area contributed by atoms with Crippen LogP contribution in [0.15, 0.2) is 36.8 Å². The summed E-state index contributed by atoms with van der Waals surface area (Å²) in [7, 11) is 0. The van der Waals surface area contributed by atoms with E-state index in [1.165, 1.54) is 11.3 Å². The van der Waals surface area contributed by atoms with E-state index in [9.17, 15) is 0 Å². The van der Waals surface area contributed by atoms with Gasteiger partial charge in [-0.15, -0.1) is 0 Å². The number of fused-ring (bicyclic) bond motifs is 2. The van der Waals surface area contributed by atoms with E-state index in [1.807, 2.05) is 10.9 Å². The molecular formula is C23H29N7. The van der Waals surface area contributed by atoms with Crippen LogP contribution in [0.1, 0.15) is 52.4 Å². The summed E-state index contributed by atoms with van der Waals surface area (Å²) in [6.07, 6.45) is 6.69. The average Bonchev–Trinajstić information content (AvgIpc) is 3.35. The average molecular weight is 404 g/mol. The summed E-state index contributed by atoms with van der Waals surface area (Å²) in [6, 6.07) is 8.96. The predicted molar refractivity (Wildman–Crippen MR) is 120 cm³/mol. The Morgan fingerprint density at radius 2 is 1.83 bits per heavy atom. The second-order valence-electron chi connectivity index (χ2n) is 9.12. The van der Waals surface area contributed by atoms with Crippen LogP contribution in [0.3, 0.4) is 0 Å². The van der Waals surface area contributed by atoms with E-state index in [2.05, 4.69) is 76.5 Å². The number of hydrogen-bond acceptors (Lipinski definition) is 5. The molecule has 0 aliphatic carbocycles. The van der Waals surface area contributed by atoms with Gasteiger partial charge in [0, 0.05) is 25.6 Å². The van der Waals surface area contributed by atoms with Crippen molar-refractivity contribution in [2.45, 2.75) is 58.5 Å². The zero-order valence-electron chi connectivity index (χ0n) is 18.2. The van der Waals surface area contributed by atoms with Gasteiger partial charge in [0.05, 0.1) is 28.2 Å². The Balaban J connectivity index is 1.43. The van der Waals surface area contributed by atoms with Gasteiger partial charge in [-0.05, 0) is 45.7 Å². The molecule has 4 heterocycles. The van der Waals surface area contributed by atoms with Crippen LogP contribution < -0.4 is 4.90 Å². The van der Waals surface area contributed by atoms with Crippen molar-refractivity contribution in [2.75, 3.05) is 18.0 Å². The Morgan fingerprint density at radius 3 is 2.57 bits per heavy atom. The molecule has 0 bridgehead atoms. The fourth-order valence-corrected chi connectivity index (χ4v) is 4.66. The van der Waals surface area contributed by atoms with Crippen molar-refractivity contribution in [3.63, 3.8) is 0 Å². The molecule has 0 saturated carbocycles. The van der Waals surface area contributed by atoms with Crippen molar-refractivity contribution in [3.8, 4) is 0 Å². The first-order valence-corrected chi connectivity index (χ1v) is 10.9. The second-order valence-corrected chi connectivity index (χ2v) is 9.12. The maximum atomic E-state index is 4.87. The largest absolute Gasteiger partial charge is 0.356 e. The highest BCUT2D eigenvalue weighted by molar-refractivity contribution is 5.87. The van der Waals surface area contributed by atoms with Gasteiger partial charge in [0.25, 0.3) is 0 Å². The van der Waals surface area contributed by atoms with E-state index >= 15 is 0 Å². The van der Waals surface area contributed by atoms with E-state index in [0.717, 1.165) is 54.7 Å². The zero-order chi connectivity index (χ0) is 20.9. The summed E-state index contributed by atoms with van der Waals surface area (Å²) < 4.78 is 4.46. The molecule has 1 fully saturated rings. The second kappa shape index (κ2) is 7.07. The van der Waals surface area contributed by atoms with Crippen LogP contribution in [0.4, 0.5) is 5.82 Å². The van der Waals surface area contributed by atoms with Crippen molar-refractivity contribution in [2.24, 2.45) is 0 Å². The number of para-hydroxylation sites is 2. The molecule has 5 rings (SSSR count). The van der Waals surface area contributed by atoms with E-state index < -0.39 is 0 Å². The first-order chi connectivity index (χ1) is 14.5. The maximum absolute atomic E-state index is 4.87. The molecule has 4 aromatic rings. The number of anilines is 1. The van der Waals surface area contributed by atoms with Crippen molar-refractivity contribution < 1.29 is 0 Å². The van der Waals surface area contributed by atoms with Gasteiger partial charge in [-0.1, -0.05) is 19.1 Å². The molecule has 0 radical (unpaired) electrons. The van der Waals surface area contributed by atoms with Gasteiger partial charge >= 0.3 is 0 Å². The minimum Gasteiger partial charge on any atom is -0.356 e.